The van der Waals surface area contributed by atoms with E-state index in [9.17, 15) is 8.42 Å². The molecule has 0 spiro atoms. The van der Waals surface area contributed by atoms with Crippen molar-refractivity contribution < 1.29 is 8.42 Å². The van der Waals surface area contributed by atoms with E-state index in [1.54, 1.807) is 18.2 Å². The van der Waals surface area contributed by atoms with Crippen LogP contribution in [0.2, 0.25) is 5.02 Å². The molecule has 0 heterocycles. The van der Waals surface area contributed by atoms with Crippen LogP contribution in [0.25, 0.3) is 0 Å². The third-order valence-corrected chi connectivity index (χ3v) is 3.57. The van der Waals surface area contributed by atoms with Gasteiger partial charge in [0.15, 0.2) is 0 Å². The van der Waals surface area contributed by atoms with Crippen LogP contribution < -0.4 is 0 Å². The number of hydrogen-bond acceptors (Lipinski definition) is 2. The van der Waals surface area contributed by atoms with Crippen LogP contribution >= 0.6 is 44.9 Å². The second kappa shape index (κ2) is 4.33. The molecule has 0 aliphatic rings. The van der Waals surface area contributed by atoms with Gasteiger partial charge in [-0.25, -0.2) is 8.42 Å². The van der Waals surface area contributed by atoms with E-state index in [0.29, 0.717) is 10.6 Å². The smallest absolute Gasteiger partial charge is 0.212 e. The molecule has 0 N–H and O–H groups in total. The lowest BCUT2D eigenvalue weighted by molar-refractivity contribution is 0.609. The molecule has 1 aromatic carbocycles. The molecule has 0 atom stereocenters. The van der Waals surface area contributed by atoms with Crippen LogP contribution in [0, 0.1) is 3.57 Å². The Morgan fingerprint density at radius 3 is 2.46 bits per heavy atom. The molecule has 0 unspecified atom stereocenters. The minimum absolute atomic E-state index is 0.163. The molecule has 0 radical (unpaired) electrons. The average Bonchev–Trinajstić information content (AvgIpc) is 1.93. The zero-order valence-electron chi connectivity index (χ0n) is 6.30. The molecule has 2 nitrogen and oxygen atoms in total. The van der Waals surface area contributed by atoms with Crippen molar-refractivity contribution in [2.24, 2.45) is 0 Å². The van der Waals surface area contributed by atoms with E-state index in [1.165, 1.54) is 0 Å². The van der Waals surface area contributed by atoms with Crippen molar-refractivity contribution in [3.8, 4) is 0 Å². The largest absolute Gasteiger partial charge is 0.236 e. The highest BCUT2D eigenvalue weighted by atomic mass is 127. The summed E-state index contributed by atoms with van der Waals surface area (Å²) in [5.41, 5.74) is 0.667. The lowest BCUT2D eigenvalue weighted by atomic mass is 10.2. The van der Waals surface area contributed by atoms with Crippen molar-refractivity contribution in [3.63, 3.8) is 0 Å². The highest BCUT2D eigenvalue weighted by Crippen LogP contribution is 2.20. The van der Waals surface area contributed by atoms with Gasteiger partial charge in [-0.15, -0.1) is 0 Å². The summed E-state index contributed by atoms with van der Waals surface area (Å²) < 4.78 is 22.3. The fourth-order valence-electron chi connectivity index (χ4n) is 0.824. The summed E-state index contributed by atoms with van der Waals surface area (Å²) in [6.07, 6.45) is 0. The van der Waals surface area contributed by atoms with Crippen LogP contribution in [-0.4, -0.2) is 8.42 Å². The highest BCUT2D eigenvalue weighted by molar-refractivity contribution is 14.1. The van der Waals surface area contributed by atoms with Gasteiger partial charge in [-0.1, -0.05) is 17.7 Å². The first-order valence-electron chi connectivity index (χ1n) is 3.25. The molecule has 0 saturated heterocycles. The van der Waals surface area contributed by atoms with Crippen LogP contribution in [0.1, 0.15) is 5.56 Å². The van der Waals surface area contributed by atoms with Crippen molar-refractivity contribution >= 4 is 53.9 Å². The van der Waals surface area contributed by atoms with E-state index < -0.39 is 9.05 Å². The lowest BCUT2D eigenvalue weighted by Crippen LogP contribution is -1.97. The Labute approximate surface area is 99.8 Å². The van der Waals surface area contributed by atoms with E-state index >= 15 is 0 Å². The number of halogens is 3. The maximum absolute atomic E-state index is 10.8. The molecule has 72 valence electrons. The summed E-state index contributed by atoms with van der Waals surface area (Å²) in [7, 11) is 1.63. The Hall–Kier alpha value is 0.480. The van der Waals surface area contributed by atoms with Gasteiger partial charge in [0.2, 0.25) is 9.05 Å². The van der Waals surface area contributed by atoms with Gasteiger partial charge in [-0.2, -0.15) is 0 Å². The summed E-state index contributed by atoms with van der Waals surface area (Å²) in [5, 5.41) is 0.583. The summed E-state index contributed by atoms with van der Waals surface area (Å²) >= 11 is 7.72. The van der Waals surface area contributed by atoms with Crippen molar-refractivity contribution in [2.75, 3.05) is 0 Å². The zero-order valence-corrected chi connectivity index (χ0v) is 10.8. The van der Waals surface area contributed by atoms with E-state index in [-0.39, 0.29) is 5.75 Å². The summed E-state index contributed by atoms with van der Waals surface area (Å²) in [6.45, 7) is 0. The molecule has 1 rings (SSSR count). The minimum atomic E-state index is -3.49. The predicted molar refractivity (Wildman–Crippen MR) is 62.6 cm³/mol. The van der Waals surface area contributed by atoms with Crippen LogP contribution in [-0.2, 0) is 14.8 Å². The third-order valence-electron chi connectivity index (χ3n) is 1.34. The number of rotatable bonds is 2. The number of benzene rings is 1. The van der Waals surface area contributed by atoms with Crippen LogP contribution in [0.5, 0.6) is 0 Å². The van der Waals surface area contributed by atoms with Crippen LogP contribution in [0.4, 0.5) is 0 Å². The molecule has 0 bridgehead atoms. The summed E-state index contributed by atoms with van der Waals surface area (Å²) in [4.78, 5) is 0. The van der Waals surface area contributed by atoms with Crippen molar-refractivity contribution in [1.82, 2.24) is 0 Å². The Kier molecular flexibility index (Phi) is 3.85. The van der Waals surface area contributed by atoms with Gasteiger partial charge in [0.05, 0.1) is 5.75 Å². The van der Waals surface area contributed by atoms with E-state index in [2.05, 4.69) is 0 Å². The molecular weight excluding hydrogens is 346 g/mol. The standard InChI is InChI=1S/C7H5Cl2IO2S/c8-6-2-1-5(7(10)3-6)4-13(9,11)12/h1-3H,4H2. The maximum Gasteiger partial charge on any atom is 0.236 e. The number of hydrogen-bond donors (Lipinski definition) is 0. The first-order valence-corrected chi connectivity index (χ1v) is 7.18. The van der Waals surface area contributed by atoms with E-state index in [1.807, 2.05) is 22.6 Å². The second-order valence-electron chi connectivity index (χ2n) is 2.42. The van der Waals surface area contributed by atoms with Gasteiger partial charge in [0, 0.05) is 19.3 Å². The molecule has 0 fully saturated rings. The quantitative estimate of drug-likeness (QED) is 0.607. The molecule has 1 aromatic rings. The first kappa shape index (κ1) is 11.6. The SMILES string of the molecule is O=S(=O)(Cl)Cc1ccc(Cl)cc1I. The second-order valence-corrected chi connectivity index (χ2v) is 6.79. The molecule has 13 heavy (non-hydrogen) atoms. The Morgan fingerprint density at radius 1 is 1.38 bits per heavy atom. The molecular formula is C7H5Cl2IO2S. The van der Waals surface area contributed by atoms with Crippen LogP contribution in [0.3, 0.4) is 0 Å². The fourth-order valence-corrected chi connectivity index (χ4v) is 3.12. The first-order chi connectivity index (χ1) is 5.88. The molecule has 0 amide bonds. The topological polar surface area (TPSA) is 34.1 Å². The van der Waals surface area contributed by atoms with Crippen LogP contribution in [0.15, 0.2) is 18.2 Å². The van der Waals surface area contributed by atoms with Gasteiger partial charge < -0.3 is 0 Å². The minimum Gasteiger partial charge on any atom is -0.212 e. The average molecular weight is 351 g/mol. The normalized spacial score (nSPS) is 11.6. The Morgan fingerprint density at radius 2 is 2.00 bits per heavy atom. The van der Waals surface area contributed by atoms with E-state index in [4.69, 9.17) is 22.3 Å². The van der Waals surface area contributed by atoms with E-state index in [0.717, 1.165) is 3.57 Å². The summed E-state index contributed by atoms with van der Waals surface area (Å²) in [6, 6.07) is 4.99. The maximum atomic E-state index is 10.8. The monoisotopic (exact) mass is 350 g/mol. The van der Waals surface area contributed by atoms with Gasteiger partial charge in [-0.05, 0) is 40.3 Å². The van der Waals surface area contributed by atoms with Gasteiger partial charge >= 0.3 is 0 Å². The van der Waals surface area contributed by atoms with Crippen molar-refractivity contribution in [1.29, 1.82) is 0 Å². The third kappa shape index (κ3) is 4.01. The molecule has 0 aliphatic heterocycles. The van der Waals surface area contributed by atoms with Gasteiger partial charge in [0.1, 0.15) is 0 Å². The van der Waals surface area contributed by atoms with Gasteiger partial charge in [-0.3, -0.25) is 0 Å². The lowest BCUT2D eigenvalue weighted by Gasteiger charge is -2.01. The predicted octanol–water partition coefficient (Wildman–Crippen LogP) is 3.01. The summed E-state index contributed by atoms with van der Waals surface area (Å²) in [5.74, 6) is -0.163. The van der Waals surface area contributed by atoms with Gasteiger partial charge in [0.25, 0.3) is 0 Å². The fraction of sp³-hybridized carbons (Fsp3) is 0.143. The molecule has 6 heteroatoms. The van der Waals surface area contributed by atoms with Crippen molar-refractivity contribution in [2.45, 2.75) is 5.75 Å². The highest BCUT2D eigenvalue weighted by Gasteiger charge is 2.09. The zero-order chi connectivity index (χ0) is 10.1. The molecule has 0 saturated carbocycles. The molecule has 0 aromatic heterocycles. The van der Waals surface area contributed by atoms with Crippen molar-refractivity contribution in [3.05, 3.63) is 32.4 Å². The Balaban J connectivity index is 3.04. The Bertz CT molecular complexity index is 417. The molecule has 0 aliphatic carbocycles.